The van der Waals surface area contributed by atoms with E-state index in [1.54, 1.807) is 18.5 Å². The molecule has 2 heterocycles. The Bertz CT molecular complexity index is 674. The molecule has 0 N–H and O–H groups in total. The van der Waals surface area contributed by atoms with E-state index in [0.717, 1.165) is 22.0 Å². The molecule has 0 saturated heterocycles. The number of nitrogens with zero attached hydrogens (tertiary/aromatic N) is 2. The smallest absolute Gasteiger partial charge is 0.0723 e. The third kappa shape index (κ3) is 1.87. The van der Waals surface area contributed by atoms with Crippen molar-refractivity contribution in [3.05, 3.63) is 60.0 Å². The monoisotopic (exact) mass is 240 g/mol. The van der Waals surface area contributed by atoms with Crippen LogP contribution in [0.4, 0.5) is 0 Å². The second-order valence-corrected chi connectivity index (χ2v) is 4.20. The van der Waals surface area contributed by atoms with Crippen LogP contribution >= 0.6 is 11.6 Å². The topological polar surface area (TPSA) is 25.8 Å². The lowest BCUT2D eigenvalue weighted by Gasteiger charge is -2.05. The maximum atomic E-state index is 5.99. The molecule has 0 bridgehead atoms. The molecule has 3 aromatic rings. The lowest BCUT2D eigenvalue weighted by Crippen LogP contribution is -1.85. The molecular formula is C14H9ClN2. The fourth-order valence-corrected chi connectivity index (χ4v) is 2.05. The molecule has 2 nitrogen and oxygen atoms in total. The second kappa shape index (κ2) is 4.15. The SMILES string of the molecule is Clc1ccnc(-c2cccc3ccncc23)c1. The number of hydrogen-bond donors (Lipinski definition) is 0. The van der Waals surface area contributed by atoms with Crippen molar-refractivity contribution in [1.29, 1.82) is 0 Å². The van der Waals surface area contributed by atoms with Crippen molar-refractivity contribution in [3.63, 3.8) is 0 Å². The van der Waals surface area contributed by atoms with E-state index >= 15 is 0 Å². The number of pyridine rings is 2. The summed E-state index contributed by atoms with van der Waals surface area (Å²) in [4.78, 5) is 8.51. The van der Waals surface area contributed by atoms with Crippen molar-refractivity contribution in [2.45, 2.75) is 0 Å². The van der Waals surface area contributed by atoms with Gasteiger partial charge in [0.15, 0.2) is 0 Å². The Labute approximate surface area is 104 Å². The first-order valence-corrected chi connectivity index (χ1v) is 5.67. The van der Waals surface area contributed by atoms with E-state index in [9.17, 15) is 0 Å². The van der Waals surface area contributed by atoms with E-state index in [2.05, 4.69) is 16.0 Å². The van der Waals surface area contributed by atoms with Gasteiger partial charge in [-0.15, -0.1) is 0 Å². The molecule has 0 aliphatic rings. The molecule has 0 amide bonds. The summed E-state index contributed by atoms with van der Waals surface area (Å²) < 4.78 is 0. The fraction of sp³-hybridized carbons (Fsp3) is 0. The second-order valence-electron chi connectivity index (χ2n) is 3.76. The Morgan fingerprint density at radius 2 is 1.94 bits per heavy atom. The van der Waals surface area contributed by atoms with E-state index in [-0.39, 0.29) is 0 Å². The van der Waals surface area contributed by atoms with Gasteiger partial charge in [0.2, 0.25) is 0 Å². The average Bonchev–Trinajstić information content (AvgIpc) is 2.38. The quantitative estimate of drug-likeness (QED) is 0.644. The Kier molecular flexibility index (Phi) is 2.50. The molecule has 3 rings (SSSR count). The molecule has 82 valence electrons. The van der Waals surface area contributed by atoms with E-state index in [0.29, 0.717) is 5.02 Å². The molecular weight excluding hydrogens is 232 g/mol. The van der Waals surface area contributed by atoms with Gasteiger partial charge in [-0.2, -0.15) is 0 Å². The zero-order valence-corrected chi connectivity index (χ0v) is 9.72. The van der Waals surface area contributed by atoms with Crippen molar-refractivity contribution < 1.29 is 0 Å². The van der Waals surface area contributed by atoms with Crippen LogP contribution in [0.25, 0.3) is 22.0 Å². The van der Waals surface area contributed by atoms with Gasteiger partial charge in [0.1, 0.15) is 0 Å². The predicted octanol–water partition coefficient (Wildman–Crippen LogP) is 3.95. The molecule has 0 atom stereocenters. The Hall–Kier alpha value is -1.93. The minimum Gasteiger partial charge on any atom is -0.264 e. The molecule has 3 heteroatoms. The van der Waals surface area contributed by atoms with Gasteiger partial charge in [-0.05, 0) is 23.6 Å². The maximum Gasteiger partial charge on any atom is 0.0723 e. The first kappa shape index (κ1) is 10.2. The molecule has 17 heavy (non-hydrogen) atoms. The highest BCUT2D eigenvalue weighted by Gasteiger charge is 2.04. The van der Waals surface area contributed by atoms with Gasteiger partial charge in [-0.25, -0.2) is 0 Å². The summed E-state index contributed by atoms with van der Waals surface area (Å²) >= 11 is 5.99. The van der Waals surface area contributed by atoms with Crippen molar-refractivity contribution in [2.24, 2.45) is 0 Å². The van der Waals surface area contributed by atoms with Gasteiger partial charge in [0, 0.05) is 34.6 Å². The van der Waals surface area contributed by atoms with Crippen molar-refractivity contribution in [2.75, 3.05) is 0 Å². The Balaban J connectivity index is 2.30. The zero-order chi connectivity index (χ0) is 11.7. The normalized spacial score (nSPS) is 10.6. The Morgan fingerprint density at radius 1 is 1.00 bits per heavy atom. The van der Waals surface area contributed by atoms with Crippen LogP contribution in [-0.4, -0.2) is 9.97 Å². The standard InChI is InChI=1S/C14H9ClN2/c15-11-5-7-17-14(8-11)12-3-1-2-10-4-6-16-9-13(10)12/h1-9H. The molecule has 0 aliphatic carbocycles. The van der Waals surface area contributed by atoms with Crippen molar-refractivity contribution in [3.8, 4) is 11.3 Å². The van der Waals surface area contributed by atoms with Gasteiger partial charge in [-0.1, -0.05) is 29.8 Å². The van der Waals surface area contributed by atoms with Crippen LogP contribution in [-0.2, 0) is 0 Å². The third-order valence-corrected chi connectivity index (χ3v) is 2.92. The highest BCUT2D eigenvalue weighted by atomic mass is 35.5. The van der Waals surface area contributed by atoms with Crippen molar-refractivity contribution in [1.82, 2.24) is 9.97 Å². The van der Waals surface area contributed by atoms with E-state index < -0.39 is 0 Å². The molecule has 0 aliphatic heterocycles. The van der Waals surface area contributed by atoms with Gasteiger partial charge in [0.05, 0.1) is 5.69 Å². The average molecular weight is 241 g/mol. The van der Waals surface area contributed by atoms with E-state index in [1.165, 1.54) is 0 Å². The molecule has 0 unspecified atom stereocenters. The van der Waals surface area contributed by atoms with Crippen molar-refractivity contribution >= 4 is 22.4 Å². The van der Waals surface area contributed by atoms with Crippen LogP contribution in [0.15, 0.2) is 55.0 Å². The molecule has 2 aromatic heterocycles. The van der Waals surface area contributed by atoms with Crippen LogP contribution in [0.2, 0.25) is 5.02 Å². The fourth-order valence-electron chi connectivity index (χ4n) is 1.89. The van der Waals surface area contributed by atoms with Crippen LogP contribution in [0.1, 0.15) is 0 Å². The predicted molar refractivity (Wildman–Crippen MR) is 70.0 cm³/mol. The lowest BCUT2D eigenvalue weighted by molar-refractivity contribution is 1.32. The number of hydrogen-bond acceptors (Lipinski definition) is 2. The summed E-state index contributed by atoms with van der Waals surface area (Å²) in [7, 11) is 0. The molecule has 0 spiro atoms. The largest absolute Gasteiger partial charge is 0.264 e. The van der Waals surface area contributed by atoms with Gasteiger partial charge < -0.3 is 0 Å². The first-order chi connectivity index (χ1) is 8.34. The number of benzene rings is 1. The summed E-state index contributed by atoms with van der Waals surface area (Å²) in [6, 6.07) is 11.7. The molecule has 1 aromatic carbocycles. The molecule has 0 radical (unpaired) electrons. The first-order valence-electron chi connectivity index (χ1n) is 5.29. The number of aromatic nitrogens is 2. The highest BCUT2D eigenvalue weighted by molar-refractivity contribution is 6.30. The summed E-state index contributed by atoms with van der Waals surface area (Å²) in [5.74, 6) is 0. The number of fused-ring (bicyclic) bond motifs is 1. The highest BCUT2D eigenvalue weighted by Crippen LogP contribution is 2.27. The van der Waals surface area contributed by atoms with Crippen LogP contribution in [0.3, 0.4) is 0 Å². The van der Waals surface area contributed by atoms with Crippen LogP contribution in [0.5, 0.6) is 0 Å². The van der Waals surface area contributed by atoms with E-state index in [1.807, 2.05) is 30.5 Å². The number of rotatable bonds is 1. The van der Waals surface area contributed by atoms with E-state index in [4.69, 9.17) is 11.6 Å². The van der Waals surface area contributed by atoms with Gasteiger partial charge >= 0.3 is 0 Å². The lowest BCUT2D eigenvalue weighted by atomic mass is 10.0. The maximum absolute atomic E-state index is 5.99. The Morgan fingerprint density at radius 3 is 2.82 bits per heavy atom. The third-order valence-electron chi connectivity index (χ3n) is 2.68. The summed E-state index contributed by atoms with van der Waals surface area (Å²) in [6.45, 7) is 0. The van der Waals surface area contributed by atoms with Gasteiger partial charge in [-0.3, -0.25) is 9.97 Å². The number of halogens is 1. The molecule has 0 saturated carbocycles. The summed E-state index contributed by atoms with van der Waals surface area (Å²) in [6.07, 6.45) is 5.36. The minimum atomic E-state index is 0.691. The summed E-state index contributed by atoms with van der Waals surface area (Å²) in [5.41, 5.74) is 1.93. The van der Waals surface area contributed by atoms with Crippen LogP contribution in [0, 0.1) is 0 Å². The summed E-state index contributed by atoms with van der Waals surface area (Å²) in [5, 5.41) is 2.93. The molecule has 0 fully saturated rings. The zero-order valence-electron chi connectivity index (χ0n) is 8.97. The minimum absolute atomic E-state index is 0.691. The van der Waals surface area contributed by atoms with Crippen LogP contribution < -0.4 is 0 Å². The van der Waals surface area contributed by atoms with Gasteiger partial charge in [0.25, 0.3) is 0 Å².